The average molecular weight is 284 g/mol. The first-order valence-corrected chi connectivity index (χ1v) is 7.20. The second-order valence-corrected chi connectivity index (χ2v) is 4.75. The molecule has 0 atom stereocenters. The Morgan fingerprint density at radius 2 is 2.14 bits per heavy atom. The van der Waals surface area contributed by atoms with Gasteiger partial charge in [-0.05, 0) is 36.2 Å². The number of carbonyl (C=O) groups is 1. The van der Waals surface area contributed by atoms with Gasteiger partial charge in [0.15, 0.2) is 0 Å². The summed E-state index contributed by atoms with van der Waals surface area (Å²) in [5.41, 5.74) is 1.43. The number of aromatic nitrogens is 1. The molecule has 4 heteroatoms. The molecule has 1 aromatic heterocycles. The van der Waals surface area contributed by atoms with E-state index in [9.17, 15) is 4.79 Å². The molecule has 0 fully saturated rings. The summed E-state index contributed by atoms with van der Waals surface area (Å²) in [4.78, 5) is 15.9. The lowest BCUT2D eigenvalue weighted by atomic mass is 10.2. The van der Waals surface area contributed by atoms with Crippen LogP contribution >= 0.6 is 0 Å². The van der Waals surface area contributed by atoms with Crippen molar-refractivity contribution in [2.45, 2.75) is 26.3 Å². The quantitative estimate of drug-likeness (QED) is 0.794. The highest BCUT2D eigenvalue weighted by Gasteiger charge is 2.05. The van der Waals surface area contributed by atoms with Gasteiger partial charge in [-0.3, -0.25) is 9.78 Å². The summed E-state index contributed by atoms with van der Waals surface area (Å²) in [5.74, 6) is 0.668. The number of unbranched alkanes of at least 4 members (excludes halogenated alkanes) is 1. The molecular weight excluding hydrogens is 264 g/mol. The molecule has 0 spiro atoms. The van der Waals surface area contributed by atoms with E-state index >= 15 is 0 Å². The van der Waals surface area contributed by atoms with Crippen LogP contribution in [-0.4, -0.2) is 17.5 Å². The van der Waals surface area contributed by atoms with Crippen LogP contribution in [0.2, 0.25) is 0 Å². The summed E-state index contributed by atoms with van der Waals surface area (Å²) in [6.07, 6.45) is 3.76. The number of nitrogens with zero attached hydrogens (tertiary/aromatic N) is 1. The summed E-state index contributed by atoms with van der Waals surface area (Å²) in [5, 5.41) is 2.85. The van der Waals surface area contributed by atoms with Crippen LogP contribution in [0, 0.1) is 0 Å². The lowest BCUT2D eigenvalue weighted by Crippen LogP contribution is -2.23. The molecule has 2 aromatic rings. The molecule has 1 amide bonds. The number of nitrogens with one attached hydrogen (secondary N) is 1. The van der Waals surface area contributed by atoms with E-state index in [0.29, 0.717) is 12.2 Å². The van der Waals surface area contributed by atoms with Crippen molar-refractivity contribution < 1.29 is 9.53 Å². The second kappa shape index (κ2) is 8.04. The second-order valence-electron chi connectivity index (χ2n) is 4.75. The third-order valence-corrected chi connectivity index (χ3v) is 3.02. The van der Waals surface area contributed by atoms with Gasteiger partial charge in [0.25, 0.3) is 5.91 Å². The van der Waals surface area contributed by atoms with Gasteiger partial charge in [-0.15, -0.1) is 0 Å². The zero-order valence-electron chi connectivity index (χ0n) is 12.2. The van der Waals surface area contributed by atoms with Crippen LogP contribution < -0.4 is 10.1 Å². The maximum Gasteiger partial charge on any atom is 0.270 e. The Kier molecular flexibility index (Phi) is 5.76. The van der Waals surface area contributed by atoms with Crippen LogP contribution in [0.4, 0.5) is 0 Å². The minimum absolute atomic E-state index is 0.173. The highest BCUT2D eigenvalue weighted by molar-refractivity contribution is 5.92. The normalized spacial score (nSPS) is 10.1. The first kappa shape index (κ1) is 15.0. The number of rotatable bonds is 7. The van der Waals surface area contributed by atoms with Crippen LogP contribution in [-0.2, 0) is 6.54 Å². The molecule has 110 valence electrons. The largest absolute Gasteiger partial charge is 0.494 e. The third kappa shape index (κ3) is 4.91. The number of carbonyl (C=O) groups excluding carboxylic acids is 1. The molecule has 2 rings (SSSR count). The Balaban J connectivity index is 1.88. The zero-order chi connectivity index (χ0) is 14.9. The first-order chi connectivity index (χ1) is 10.3. The molecule has 1 N–H and O–H groups in total. The fraction of sp³-hybridized carbons (Fsp3) is 0.294. The van der Waals surface area contributed by atoms with Gasteiger partial charge in [-0.2, -0.15) is 0 Å². The number of pyridine rings is 1. The van der Waals surface area contributed by atoms with Gasteiger partial charge in [0.1, 0.15) is 11.4 Å². The van der Waals surface area contributed by atoms with E-state index in [-0.39, 0.29) is 5.91 Å². The first-order valence-electron chi connectivity index (χ1n) is 7.20. The topological polar surface area (TPSA) is 51.2 Å². The Hall–Kier alpha value is -2.36. The van der Waals surface area contributed by atoms with Crippen LogP contribution in [0.5, 0.6) is 5.75 Å². The molecule has 0 radical (unpaired) electrons. The van der Waals surface area contributed by atoms with Crippen molar-refractivity contribution in [1.82, 2.24) is 10.3 Å². The Bertz CT molecular complexity index is 570. The molecule has 0 aliphatic heterocycles. The lowest BCUT2D eigenvalue weighted by molar-refractivity contribution is 0.0946. The molecule has 0 aliphatic carbocycles. The van der Waals surface area contributed by atoms with Crippen molar-refractivity contribution in [1.29, 1.82) is 0 Å². The Labute approximate surface area is 125 Å². The molecule has 1 heterocycles. The number of hydrogen-bond acceptors (Lipinski definition) is 3. The smallest absolute Gasteiger partial charge is 0.270 e. The standard InChI is InChI=1S/C17H20N2O2/c1-2-3-11-21-15-8-6-7-14(12-15)13-19-17(20)16-9-4-5-10-18-16/h4-10,12H,2-3,11,13H2,1H3,(H,19,20). The minimum atomic E-state index is -0.173. The van der Waals surface area contributed by atoms with Crippen molar-refractivity contribution in [2.75, 3.05) is 6.61 Å². The highest BCUT2D eigenvalue weighted by atomic mass is 16.5. The van der Waals surface area contributed by atoms with E-state index in [0.717, 1.165) is 30.8 Å². The fourth-order valence-electron chi connectivity index (χ4n) is 1.85. The van der Waals surface area contributed by atoms with Gasteiger partial charge in [0, 0.05) is 12.7 Å². The molecule has 1 aromatic carbocycles. The van der Waals surface area contributed by atoms with Crippen LogP contribution in [0.15, 0.2) is 48.7 Å². The molecule has 4 nitrogen and oxygen atoms in total. The minimum Gasteiger partial charge on any atom is -0.494 e. The summed E-state index contributed by atoms with van der Waals surface area (Å²) in [6.45, 7) is 3.31. The Morgan fingerprint density at radius 3 is 2.90 bits per heavy atom. The molecule has 0 saturated carbocycles. The van der Waals surface area contributed by atoms with Gasteiger partial charge in [-0.25, -0.2) is 0 Å². The van der Waals surface area contributed by atoms with Crippen LogP contribution in [0.25, 0.3) is 0 Å². The number of hydrogen-bond donors (Lipinski definition) is 1. The van der Waals surface area contributed by atoms with Crippen molar-refractivity contribution in [3.8, 4) is 5.75 Å². The van der Waals surface area contributed by atoms with E-state index in [1.807, 2.05) is 24.3 Å². The Morgan fingerprint density at radius 1 is 1.24 bits per heavy atom. The highest BCUT2D eigenvalue weighted by Crippen LogP contribution is 2.13. The maximum absolute atomic E-state index is 11.9. The zero-order valence-corrected chi connectivity index (χ0v) is 12.2. The van der Waals surface area contributed by atoms with Crippen molar-refractivity contribution in [3.05, 3.63) is 59.9 Å². The molecule has 0 bridgehead atoms. The maximum atomic E-state index is 11.9. The number of ether oxygens (including phenoxy) is 1. The van der Waals surface area contributed by atoms with Gasteiger partial charge in [0.05, 0.1) is 6.61 Å². The van der Waals surface area contributed by atoms with E-state index < -0.39 is 0 Å². The summed E-state index contributed by atoms with van der Waals surface area (Å²) in [7, 11) is 0. The summed E-state index contributed by atoms with van der Waals surface area (Å²) < 4.78 is 5.65. The third-order valence-electron chi connectivity index (χ3n) is 3.02. The lowest BCUT2D eigenvalue weighted by Gasteiger charge is -2.08. The number of amides is 1. The predicted molar refractivity (Wildman–Crippen MR) is 82.3 cm³/mol. The van der Waals surface area contributed by atoms with Crippen molar-refractivity contribution in [3.63, 3.8) is 0 Å². The summed E-state index contributed by atoms with van der Waals surface area (Å²) in [6, 6.07) is 13.1. The SMILES string of the molecule is CCCCOc1cccc(CNC(=O)c2ccccn2)c1. The average Bonchev–Trinajstić information content (AvgIpc) is 2.54. The number of benzene rings is 1. The van der Waals surface area contributed by atoms with Gasteiger partial charge >= 0.3 is 0 Å². The van der Waals surface area contributed by atoms with Crippen molar-refractivity contribution in [2.24, 2.45) is 0 Å². The molecule has 21 heavy (non-hydrogen) atoms. The predicted octanol–water partition coefficient (Wildman–Crippen LogP) is 3.19. The van der Waals surface area contributed by atoms with E-state index in [1.165, 1.54) is 0 Å². The molecule has 0 aliphatic rings. The van der Waals surface area contributed by atoms with Crippen LogP contribution in [0.1, 0.15) is 35.8 Å². The monoisotopic (exact) mass is 284 g/mol. The van der Waals surface area contributed by atoms with Crippen LogP contribution in [0.3, 0.4) is 0 Å². The van der Waals surface area contributed by atoms with Gasteiger partial charge in [-0.1, -0.05) is 31.5 Å². The summed E-state index contributed by atoms with van der Waals surface area (Å²) >= 11 is 0. The van der Waals surface area contributed by atoms with Gasteiger partial charge < -0.3 is 10.1 Å². The fourth-order valence-corrected chi connectivity index (χ4v) is 1.85. The van der Waals surface area contributed by atoms with E-state index in [1.54, 1.807) is 24.4 Å². The molecule has 0 unspecified atom stereocenters. The molecular formula is C17H20N2O2. The van der Waals surface area contributed by atoms with Gasteiger partial charge in [0.2, 0.25) is 0 Å². The van der Waals surface area contributed by atoms with E-state index in [4.69, 9.17) is 4.74 Å². The molecule has 0 saturated heterocycles. The van der Waals surface area contributed by atoms with E-state index in [2.05, 4.69) is 17.2 Å². The van der Waals surface area contributed by atoms with Crippen molar-refractivity contribution >= 4 is 5.91 Å².